The standard InChI is InChI=1S/C9H13F3N2O/c1-6-4-14(13-7(6)2)5-8(15)3-9(10,11)12/h4,8,15H,3,5H2,1-2H3. The topological polar surface area (TPSA) is 38.0 Å². The summed E-state index contributed by atoms with van der Waals surface area (Å²) in [6, 6.07) is 0. The molecule has 0 fully saturated rings. The van der Waals surface area contributed by atoms with Gasteiger partial charge in [0, 0.05) is 6.20 Å². The van der Waals surface area contributed by atoms with Gasteiger partial charge in [-0.25, -0.2) is 0 Å². The summed E-state index contributed by atoms with van der Waals surface area (Å²) in [7, 11) is 0. The Morgan fingerprint density at radius 1 is 1.47 bits per heavy atom. The minimum absolute atomic E-state index is 0.131. The Morgan fingerprint density at radius 2 is 2.07 bits per heavy atom. The van der Waals surface area contributed by atoms with Gasteiger partial charge in [-0.3, -0.25) is 4.68 Å². The van der Waals surface area contributed by atoms with Crippen LogP contribution in [0.1, 0.15) is 17.7 Å². The second kappa shape index (κ2) is 4.22. The van der Waals surface area contributed by atoms with Gasteiger partial charge in [-0.1, -0.05) is 0 Å². The van der Waals surface area contributed by atoms with E-state index in [0.29, 0.717) is 0 Å². The molecule has 0 aromatic carbocycles. The third-order valence-electron chi connectivity index (χ3n) is 2.06. The van der Waals surface area contributed by atoms with Crippen LogP contribution >= 0.6 is 0 Å². The summed E-state index contributed by atoms with van der Waals surface area (Å²) in [6.07, 6.45) is -5.36. The number of aryl methyl sites for hydroxylation is 2. The van der Waals surface area contributed by atoms with Gasteiger partial charge in [0.1, 0.15) is 0 Å². The maximum absolute atomic E-state index is 11.9. The van der Waals surface area contributed by atoms with Crippen molar-refractivity contribution in [3.8, 4) is 0 Å². The minimum atomic E-state index is -4.34. The number of rotatable bonds is 3. The Morgan fingerprint density at radius 3 is 2.47 bits per heavy atom. The molecule has 0 saturated heterocycles. The predicted octanol–water partition coefficient (Wildman–Crippen LogP) is 1.81. The van der Waals surface area contributed by atoms with Gasteiger partial charge in [-0.05, 0) is 19.4 Å². The molecule has 1 N–H and O–H groups in total. The molecule has 3 nitrogen and oxygen atoms in total. The Labute approximate surface area is 85.5 Å². The highest BCUT2D eigenvalue weighted by Gasteiger charge is 2.31. The maximum Gasteiger partial charge on any atom is 0.391 e. The molecule has 0 amide bonds. The van der Waals surface area contributed by atoms with E-state index in [2.05, 4.69) is 5.10 Å². The van der Waals surface area contributed by atoms with Crippen LogP contribution in [0, 0.1) is 13.8 Å². The van der Waals surface area contributed by atoms with E-state index in [1.807, 2.05) is 6.92 Å². The van der Waals surface area contributed by atoms with Crippen molar-refractivity contribution in [2.75, 3.05) is 0 Å². The molecule has 0 spiro atoms. The molecule has 0 saturated carbocycles. The van der Waals surface area contributed by atoms with Crippen LogP contribution in [0.5, 0.6) is 0 Å². The first kappa shape index (κ1) is 12.0. The second-order valence-corrected chi connectivity index (χ2v) is 3.59. The Bertz CT molecular complexity index is 313. The molecule has 1 aromatic rings. The van der Waals surface area contributed by atoms with Crippen molar-refractivity contribution >= 4 is 0 Å². The molecule has 0 aliphatic carbocycles. The van der Waals surface area contributed by atoms with Gasteiger partial charge in [-0.15, -0.1) is 0 Å². The molecule has 1 unspecified atom stereocenters. The first-order chi connectivity index (χ1) is 6.78. The summed E-state index contributed by atoms with van der Waals surface area (Å²) in [5.41, 5.74) is 1.66. The summed E-state index contributed by atoms with van der Waals surface area (Å²) in [4.78, 5) is 0. The lowest BCUT2D eigenvalue weighted by Gasteiger charge is -2.12. The van der Waals surface area contributed by atoms with E-state index < -0.39 is 18.7 Å². The van der Waals surface area contributed by atoms with Crippen LogP contribution in [-0.4, -0.2) is 27.2 Å². The van der Waals surface area contributed by atoms with E-state index in [-0.39, 0.29) is 6.54 Å². The average molecular weight is 222 g/mol. The van der Waals surface area contributed by atoms with Gasteiger partial charge in [0.15, 0.2) is 0 Å². The van der Waals surface area contributed by atoms with E-state index in [1.165, 1.54) is 4.68 Å². The number of alkyl halides is 3. The smallest absolute Gasteiger partial charge is 0.391 e. The predicted molar refractivity (Wildman–Crippen MR) is 48.4 cm³/mol. The summed E-state index contributed by atoms with van der Waals surface area (Å²) in [5, 5.41) is 13.1. The monoisotopic (exact) mass is 222 g/mol. The molecule has 15 heavy (non-hydrogen) atoms. The molecular weight excluding hydrogens is 209 g/mol. The van der Waals surface area contributed by atoms with Crippen LogP contribution in [0.2, 0.25) is 0 Å². The van der Waals surface area contributed by atoms with Gasteiger partial charge >= 0.3 is 6.18 Å². The fourth-order valence-corrected chi connectivity index (χ4v) is 1.26. The summed E-state index contributed by atoms with van der Waals surface area (Å²) in [6.45, 7) is 3.45. The lowest BCUT2D eigenvalue weighted by molar-refractivity contribution is -0.154. The molecule has 1 aromatic heterocycles. The number of nitrogens with zero attached hydrogens (tertiary/aromatic N) is 2. The molecule has 6 heteroatoms. The second-order valence-electron chi connectivity index (χ2n) is 3.59. The normalized spacial score (nSPS) is 14.3. The van der Waals surface area contributed by atoms with Gasteiger partial charge in [0.2, 0.25) is 0 Å². The molecule has 0 aliphatic heterocycles. The van der Waals surface area contributed by atoms with Crippen LogP contribution in [0.15, 0.2) is 6.20 Å². The van der Waals surface area contributed by atoms with E-state index in [0.717, 1.165) is 11.3 Å². The number of aliphatic hydroxyl groups excluding tert-OH is 1. The first-order valence-electron chi connectivity index (χ1n) is 4.53. The zero-order valence-corrected chi connectivity index (χ0v) is 8.54. The molecule has 86 valence electrons. The van der Waals surface area contributed by atoms with E-state index in [1.54, 1.807) is 13.1 Å². The average Bonchev–Trinajstić information content (AvgIpc) is 2.26. The van der Waals surface area contributed by atoms with Crippen molar-refractivity contribution in [3.63, 3.8) is 0 Å². The third-order valence-corrected chi connectivity index (χ3v) is 2.06. The van der Waals surface area contributed by atoms with Gasteiger partial charge in [0.25, 0.3) is 0 Å². The highest BCUT2D eigenvalue weighted by Crippen LogP contribution is 2.22. The van der Waals surface area contributed by atoms with E-state index in [4.69, 9.17) is 5.11 Å². The molecule has 1 atom stereocenters. The summed E-state index contributed by atoms with van der Waals surface area (Å²) < 4.78 is 37.0. The highest BCUT2D eigenvalue weighted by atomic mass is 19.4. The van der Waals surface area contributed by atoms with Crippen molar-refractivity contribution < 1.29 is 18.3 Å². The summed E-state index contributed by atoms with van der Waals surface area (Å²) in [5.74, 6) is 0. The Balaban J connectivity index is 2.55. The van der Waals surface area contributed by atoms with Crippen LogP contribution in [0.25, 0.3) is 0 Å². The number of halogens is 3. The zero-order chi connectivity index (χ0) is 11.6. The maximum atomic E-state index is 11.9. The van der Waals surface area contributed by atoms with Crippen molar-refractivity contribution in [2.24, 2.45) is 0 Å². The molecular formula is C9H13F3N2O. The molecule has 1 rings (SSSR count). The quantitative estimate of drug-likeness (QED) is 0.847. The van der Waals surface area contributed by atoms with Gasteiger partial charge in [0.05, 0.1) is 24.8 Å². The number of aliphatic hydroxyl groups is 1. The fraction of sp³-hybridized carbons (Fsp3) is 0.667. The van der Waals surface area contributed by atoms with Crippen molar-refractivity contribution in [3.05, 3.63) is 17.5 Å². The Kier molecular flexibility index (Phi) is 3.38. The van der Waals surface area contributed by atoms with Crippen molar-refractivity contribution in [2.45, 2.75) is 39.1 Å². The van der Waals surface area contributed by atoms with Gasteiger partial charge in [-0.2, -0.15) is 18.3 Å². The molecule has 0 radical (unpaired) electrons. The Hall–Kier alpha value is -1.04. The van der Waals surface area contributed by atoms with Crippen LogP contribution < -0.4 is 0 Å². The van der Waals surface area contributed by atoms with Crippen molar-refractivity contribution in [1.29, 1.82) is 0 Å². The molecule has 0 aliphatic rings. The third kappa shape index (κ3) is 3.91. The first-order valence-corrected chi connectivity index (χ1v) is 4.53. The number of hydrogen-bond acceptors (Lipinski definition) is 2. The number of aromatic nitrogens is 2. The fourth-order valence-electron chi connectivity index (χ4n) is 1.26. The lowest BCUT2D eigenvalue weighted by Crippen LogP contribution is -2.24. The highest BCUT2D eigenvalue weighted by molar-refractivity contribution is 5.12. The SMILES string of the molecule is Cc1cn(CC(O)CC(F)(F)F)nc1C. The lowest BCUT2D eigenvalue weighted by atomic mass is 10.2. The molecule has 1 heterocycles. The number of hydrogen-bond donors (Lipinski definition) is 1. The van der Waals surface area contributed by atoms with Crippen LogP contribution in [0.4, 0.5) is 13.2 Å². The van der Waals surface area contributed by atoms with Crippen molar-refractivity contribution in [1.82, 2.24) is 9.78 Å². The van der Waals surface area contributed by atoms with E-state index >= 15 is 0 Å². The minimum Gasteiger partial charge on any atom is -0.391 e. The zero-order valence-electron chi connectivity index (χ0n) is 8.54. The molecule has 0 bridgehead atoms. The van der Waals surface area contributed by atoms with E-state index in [9.17, 15) is 13.2 Å². The van der Waals surface area contributed by atoms with Gasteiger partial charge < -0.3 is 5.11 Å². The largest absolute Gasteiger partial charge is 0.391 e. The van der Waals surface area contributed by atoms with Crippen LogP contribution in [0.3, 0.4) is 0 Å². The van der Waals surface area contributed by atoms with Crippen LogP contribution in [-0.2, 0) is 6.54 Å². The summed E-state index contributed by atoms with van der Waals surface area (Å²) >= 11 is 0.